The molecule has 0 amide bonds. The SMILES string of the molecule is CN=C(NCc1ccc(C)cc1C)NCC1CN(CC(C)C)CCO1. The normalized spacial score (nSPS) is 19.3. The molecular weight excluding hydrogens is 312 g/mol. The van der Waals surface area contributed by atoms with Crippen LogP contribution in [0.15, 0.2) is 23.2 Å². The predicted molar refractivity (Wildman–Crippen MR) is 105 cm³/mol. The molecule has 1 heterocycles. The Morgan fingerprint density at radius 2 is 2.12 bits per heavy atom. The average Bonchev–Trinajstić information content (AvgIpc) is 2.56. The minimum absolute atomic E-state index is 0.215. The smallest absolute Gasteiger partial charge is 0.191 e. The highest BCUT2D eigenvalue weighted by molar-refractivity contribution is 5.79. The minimum Gasteiger partial charge on any atom is -0.374 e. The minimum atomic E-state index is 0.215. The van der Waals surface area contributed by atoms with E-state index in [0.717, 1.165) is 45.3 Å². The molecule has 0 saturated carbocycles. The van der Waals surface area contributed by atoms with Gasteiger partial charge in [0, 0.05) is 39.8 Å². The van der Waals surface area contributed by atoms with Crippen LogP contribution in [-0.4, -0.2) is 56.8 Å². The summed E-state index contributed by atoms with van der Waals surface area (Å²) in [6.45, 7) is 14.3. The zero-order valence-corrected chi connectivity index (χ0v) is 16.4. The Hall–Kier alpha value is -1.59. The van der Waals surface area contributed by atoms with E-state index in [2.05, 4.69) is 66.4 Å². The van der Waals surface area contributed by atoms with E-state index in [0.29, 0.717) is 5.92 Å². The monoisotopic (exact) mass is 346 g/mol. The molecule has 1 unspecified atom stereocenters. The number of guanidine groups is 1. The summed E-state index contributed by atoms with van der Waals surface area (Å²) in [5, 5.41) is 6.80. The lowest BCUT2D eigenvalue weighted by Gasteiger charge is -2.34. The van der Waals surface area contributed by atoms with Gasteiger partial charge in [-0.25, -0.2) is 0 Å². The number of ether oxygens (including phenoxy) is 1. The van der Waals surface area contributed by atoms with Crippen molar-refractivity contribution in [1.82, 2.24) is 15.5 Å². The molecule has 5 heteroatoms. The molecule has 0 aliphatic carbocycles. The van der Waals surface area contributed by atoms with Gasteiger partial charge in [-0.3, -0.25) is 9.89 Å². The molecule has 1 aromatic carbocycles. The fourth-order valence-electron chi connectivity index (χ4n) is 3.24. The van der Waals surface area contributed by atoms with Crippen LogP contribution in [0.4, 0.5) is 0 Å². The second-order valence-electron chi connectivity index (χ2n) is 7.38. The summed E-state index contributed by atoms with van der Waals surface area (Å²) in [6.07, 6.45) is 0.215. The number of morpholine rings is 1. The van der Waals surface area contributed by atoms with Gasteiger partial charge in [0.2, 0.25) is 0 Å². The number of aliphatic imine (C=N–C) groups is 1. The Morgan fingerprint density at radius 3 is 2.80 bits per heavy atom. The summed E-state index contributed by atoms with van der Waals surface area (Å²) < 4.78 is 5.89. The van der Waals surface area contributed by atoms with Crippen molar-refractivity contribution >= 4 is 5.96 Å². The van der Waals surface area contributed by atoms with Crippen molar-refractivity contribution in [2.45, 2.75) is 40.3 Å². The molecule has 1 atom stereocenters. The summed E-state index contributed by atoms with van der Waals surface area (Å²) in [5.41, 5.74) is 3.90. The maximum absolute atomic E-state index is 5.89. The van der Waals surface area contributed by atoms with E-state index in [1.165, 1.54) is 16.7 Å². The maximum Gasteiger partial charge on any atom is 0.191 e. The van der Waals surface area contributed by atoms with E-state index in [1.807, 2.05) is 7.05 Å². The Bertz CT molecular complexity index is 571. The van der Waals surface area contributed by atoms with Crippen LogP contribution in [-0.2, 0) is 11.3 Å². The maximum atomic E-state index is 5.89. The first-order valence-corrected chi connectivity index (χ1v) is 9.32. The van der Waals surface area contributed by atoms with Crippen LogP contribution in [0.2, 0.25) is 0 Å². The standard InChI is InChI=1S/C20H34N4O/c1-15(2)13-24-8-9-25-19(14-24)12-23-20(21-5)22-11-18-7-6-16(3)10-17(18)4/h6-7,10,15,19H,8-9,11-14H2,1-5H3,(H2,21,22,23). The highest BCUT2D eigenvalue weighted by atomic mass is 16.5. The van der Waals surface area contributed by atoms with Crippen LogP contribution in [0.1, 0.15) is 30.5 Å². The first-order chi connectivity index (χ1) is 12.0. The Morgan fingerprint density at radius 1 is 1.32 bits per heavy atom. The first-order valence-electron chi connectivity index (χ1n) is 9.32. The summed E-state index contributed by atoms with van der Waals surface area (Å²) in [7, 11) is 1.81. The molecule has 25 heavy (non-hydrogen) atoms. The summed E-state index contributed by atoms with van der Waals surface area (Å²) in [6, 6.07) is 6.55. The van der Waals surface area contributed by atoms with E-state index < -0.39 is 0 Å². The van der Waals surface area contributed by atoms with Gasteiger partial charge in [0.1, 0.15) is 0 Å². The Balaban J connectivity index is 1.78. The van der Waals surface area contributed by atoms with Crippen molar-refractivity contribution < 1.29 is 4.74 Å². The largest absolute Gasteiger partial charge is 0.374 e. The molecule has 0 bridgehead atoms. The molecule has 0 radical (unpaired) electrons. The fourth-order valence-corrected chi connectivity index (χ4v) is 3.24. The summed E-state index contributed by atoms with van der Waals surface area (Å²) in [4.78, 5) is 6.82. The number of nitrogens with zero attached hydrogens (tertiary/aromatic N) is 2. The number of nitrogens with one attached hydrogen (secondary N) is 2. The van der Waals surface area contributed by atoms with Gasteiger partial charge in [0.05, 0.1) is 12.7 Å². The quantitative estimate of drug-likeness (QED) is 0.613. The first kappa shape index (κ1) is 19.7. The van der Waals surface area contributed by atoms with Crippen LogP contribution in [0.5, 0.6) is 0 Å². The summed E-state index contributed by atoms with van der Waals surface area (Å²) >= 11 is 0. The average molecular weight is 347 g/mol. The Kier molecular flexibility index (Phi) is 7.72. The predicted octanol–water partition coefficient (Wildman–Crippen LogP) is 2.33. The van der Waals surface area contributed by atoms with E-state index in [-0.39, 0.29) is 6.10 Å². The van der Waals surface area contributed by atoms with Crippen LogP contribution in [0, 0.1) is 19.8 Å². The lowest BCUT2D eigenvalue weighted by atomic mass is 10.1. The zero-order valence-electron chi connectivity index (χ0n) is 16.4. The van der Waals surface area contributed by atoms with Gasteiger partial charge >= 0.3 is 0 Å². The molecule has 1 aliphatic heterocycles. The molecule has 2 N–H and O–H groups in total. The third kappa shape index (κ3) is 6.67. The van der Waals surface area contributed by atoms with E-state index in [1.54, 1.807) is 0 Å². The highest BCUT2D eigenvalue weighted by Gasteiger charge is 2.21. The van der Waals surface area contributed by atoms with Crippen LogP contribution in [0.3, 0.4) is 0 Å². The van der Waals surface area contributed by atoms with E-state index >= 15 is 0 Å². The molecule has 140 valence electrons. The zero-order chi connectivity index (χ0) is 18.2. The second kappa shape index (κ2) is 9.78. The van der Waals surface area contributed by atoms with Gasteiger partial charge < -0.3 is 15.4 Å². The fraction of sp³-hybridized carbons (Fsp3) is 0.650. The van der Waals surface area contributed by atoms with Crippen LogP contribution in [0.25, 0.3) is 0 Å². The number of rotatable bonds is 6. The van der Waals surface area contributed by atoms with Crippen molar-refractivity contribution in [3.8, 4) is 0 Å². The van der Waals surface area contributed by atoms with E-state index in [4.69, 9.17) is 4.74 Å². The number of benzene rings is 1. The lowest BCUT2D eigenvalue weighted by molar-refractivity contribution is -0.0284. The third-order valence-electron chi connectivity index (χ3n) is 4.51. The molecular formula is C20H34N4O. The van der Waals surface area contributed by atoms with Gasteiger partial charge in [0.25, 0.3) is 0 Å². The number of hydrogen-bond donors (Lipinski definition) is 2. The van der Waals surface area contributed by atoms with Gasteiger partial charge in [0.15, 0.2) is 5.96 Å². The molecule has 0 aromatic heterocycles. The molecule has 5 nitrogen and oxygen atoms in total. The lowest BCUT2D eigenvalue weighted by Crippen LogP contribution is -2.50. The van der Waals surface area contributed by atoms with Gasteiger partial charge in [-0.05, 0) is 30.9 Å². The molecule has 0 spiro atoms. The molecule has 1 aliphatic rings. The van der Waals surface area contributed by atoms with Gasteiger partial charge in [-0.15, -0.1) is 0 Å². The molecule has 1 aromatic rings. The van der Waals surface area contributed by atoms with Crippen molar-refractivity contribution in [1.29, 1.82) is 0 Å². The Labute approximate surface area is 152 Å². The third-order valence-corrected chi connectivity index (χ3v) is 4.51. The van der Waals surface area contributed by atoms with Crippen molar-refractivity contribution in [3.63, 3.8) is 0 Å². The van der Waals surface area contributed by atoms with Gasteiger partial charge in [-0.1, -0.05) is 37.6 Å². The van der Waals surface area contributed by atoms with E-state index in [9.17, 15) is 0 Å². The molecule has 2 rings (SSSR count). The van der Waals surface area contributed by atoms with Crippen LogP contribution < -0.4 is 10.6 Å². The van der Waals surface area contributed by atoms with Gasteiger partial charge in [-0.2, -0.15) is 0 Å². The summed E-state index contributed by atoms with van der Waals surface area (Å²) in [5.74, 6) is 1.52. The van der Waals surface area contributed by atoms with Crippen LogP contribution >= 0.6 is 0 Å². The second-order valence-corrected chi connectivity index (χ2v) is 7.38. The van der Waals surface area contributed by atoms with Crippen molar-refractivity contribution in [3.05, 3.63) is 34.9 Å². The molecule has 1 fully saturated rings. The van der Waals surface area contributed by atoms with Crippen molar-refractivity contribution in [2.24, 2.45) is 10.9 Å². The topological polar surface area (TPSA) is 48.9 Å². The number of hydrogen-bond acceptors (Lipinski definition) is 3. The highest BCUT2D eigenvalue weighted by Crippen LogP contribution is 2.10. The number of aryl methyl sites for hydroxylation is 2. The molecule has 1 saturated heterocycles. The van der Waals surface area contributed by atoms with Crippen molar-refractivity contribution in [2.75, 3.05) is 39.8 Å².